The lowest BCUT2D eigenvalue weighted by molar-refractivity contribution is 0.891. The van der Waals surface area contributed by atoms with E-state index >= 15 is 0 Å². The molecule has 5 heteroatoms. The molecule has 0 amide bonds. The van der Waals surface area contributed by atoms with Crippen molar-refractivity contribution >= 4 is 16.9 Å². The largest absolute Gasteiger partial charge is 0.384 e. The molecule has 0 unspecified atom stereocenters. The number of aromatic amines is 1. The number of H-pyrrole nitrogens is 1. The lowest BCUT2D eigenvalue weighted by Gasteiger charge is -1.98. The fraction of sp³-hybridized carbons (Fsp3) is 0.111. The van der Waals surface area contributed by atoms with Gasteiger partial charge in [0.2, 0.25) is 0 Å². The predicted octanol–water partition coefficient (Wildman–Crippen LogP) is 0.151. The Balaban J connectivity index is 2.80. The van der Waals surface area contributed by atoms with Crippen LogP contribution in [0.3, 0.4) is 0 Å². The summed E-state index contributed by atoms with van der Waals surface area (Å²) < 4.78 is 1.51. The third kappa shape index (κ3) is 1.10. The van der Waals surface area contributed by atoms with E-state index in [9.17, 15) is 4.79 Å². The molecule has 0 fully saturated rings. The Morgan fingerprint density at radius 1 is 1.57 bits per heavy atom. The first-order valence-electron chi connectivity index (χ1n) is 4.13. The van der Waals surface area contributed by atoms with Crippen molar-refractivity contribution in [3.05, 3.63) is 34.2 Å². The third-order valence-electron chi connectivity index (χ3n) is 2.22. The minimum atomic E-state index is -0.166. The van der Waals surface area contributed by atoms with Crippen LogP contribution in [0.1, 0.15) is 5.56 Å². The number of rotatable bonds is 1. The summed E-state index contributed by atoms with van der Waals surface area (Å²) in [5.74, 6) is -0.00315. The van der Waals surface area contributed by atoms with Crippen LogP contribution in [0.15, 0.2) is 23.0 Å². The van der Waals surface area contributed by atoms with Crippen LogP contribution in [-0.2, 0) is 7.05 Å². The van der Waals surface area contributed by atoms with Gasteiger partial charge in [-0.15, -0.1) is 0 Å². The van der Waals surface area contributed by atoms with Crippen molar-refractivity contribution in [3.63, 3.8) is 0 Å². The second kappa shape index (κ2) is 2.73. The number of nitrogen functional groups attached to an aromatic ring is 1. The standard InChI is InChI=1S/C9H10N4O/c1-13-7-3-2-5(8(10)11)4-6(7)12-9(13)14/h2-4H,1H3,(H3,10,11)(H,12,14). The molecule has 5 nitrogen and oxygen atoms in total. The van der Waals surface area contributed by atoms with E-state index in [4.69, 9.17) is 11.1 Å². The maximum Gasteiger partial charge on any atom is 0.326 e. The van der Waals surface area contributed by atoms with Crippen LogP contribution in [0.2, 0.25) is 0 Å². The van der Waals surface area contributed by atoms with Gasteiger partial charge in [-0.3, -0.25) is 9.98 Å². The van der Waals surface area contributed by atoms with Crippen molar-refractivity contribution in [3.8, 4) is 0 Å². The number of aromatic nitrogens is 2. The fourth-order valence-corrected chi connectivity index (χ4v) is 1.40. The van der Waals surface area contributed by atoms with Gasteiger partial charge in [-0.25, -0.2) is 4.79 Å². The SMILES string of the molecule is Cn1c(=O)[nH]c2cc(C(=N)N)ccc21. The monoisotopic (exact) mass is 190 g/mol. The first kappa shape index (κ1) is 8.55. The van der Waals surface area contributed by atoms with Crippen molar-refractivity contribution in [1.82, 2.24) is 9.55 Å². The first-order chi connectivity index (χ1) is 6.59. The molecule has 1 aromatic heterocycles. The summed E-state index contributed by atoms with van der Waals surface area (Å²) in [4.78, 5) is 13.9. The quantitative estimate of drug-likeness (QED) is 0.441. The van der Waals surface area contributed by atoms with Crippen LogP contribution < -0.4 is 11.4 Å². The molecule has 0 aliphatic rings. The zero-order valence-electron chi connectivity index (χ0n) is 7.66. The number of imidazole rings is 1. The molecule has 0 aliphatic heterocycles. The maximum absolute atomic E-state index is 11.2. The number of nitrogens with one attached hydrogen (secondary N) is 2. The topological polar surface area (TPSA) is 87.7 Å². The lowest BCUT2D eigenvalue weighted by Crippen LogP contribution is -2.11. The van der Waals surface area contributed by atoms with Crippen molar-refractivity contribution < 1.29 is 0 Å². The molecular formula is C9H10N4O. The molecule has 1 aromatic carbocycles. The van der Waals surface area contributed by atoms with E-state index in [1.165, 1.54) is 4.57 Å². The highest BCUT2D eigenvalue weighted by Gasteiger charge is 2.04. The molecule has 0 spiro atoms. The van der Waals surface area contributed by atoms with E-state index in [0.717, 1.165) is 5.52 Å². The third-order valence-corrected chi connectivity index (χ3v) is 2.22. The minimum Gasteiger partial charge on any atom is -0.384 e. The highest BCUT2D eigenvalue weighted by atomic mass is 16.1. The number of hydrogen-bond donors (Lipinski definition) is 3. The smallest absolute Gasteiger partial charge is 0.326 e. The molecule has 4 N–H and O–H groups in total. The molecule has 0 radical (unpaired) electrons. The molecule has 0 atom stereocenters. The first-order valence-corrected chi connectivity index (χ1v) is 4.13. The number of fused-ring (bicyclic) bond motifs is 1. The van der Waals surface area contributed by atoms with E-state index in [1.54, 1.807) is 25.2 Å². The average Bonchev–Trinajstić information content (AvgIpc) is 2.42. The Bertz CT molecular complexity index is 564. The van der Waals surface area contributed by atoms with Crippen molar-refractivity contribution in [1.29, 1.82) is 5.41 Å². The van der Waals surface area contributed by atoms with E-state index < -0.39 is 0 Å². The highest BCUT2D eigenvalue weighted by Crippen LogP contribution is 2.11. The van der Waals surface area contributed by atoms with Gasteiger partial charge >= 0.3 is 5.69 Å². The van der Waals surface area contributed by atoms with Gasteiger partial charge in [-0.05, 0) is 18.2 Å². The van der Waals surface area contributed by atoms with Crippen LogP contribution in [0, 0.1) is 5.41 Å². The molecule has 2 rings (SSSR count). The summed E-state index contributed by atoms with van der Waals surface area (Å²) >= 11 is 0. The van der Waals surface area contributed by atoms with Gasteiger partial charge in [0.25, 0.3) is 0 Å². The van der Waals surface area contributed by atoms with Crippen LogP contribution in [0.4, 0.5) is 0 Å². The summed E-state index contributed by atoms with van der Waals surface area (Å²) in [6.07, 6.45) is 0. The van der Waals surface area contributed by atoms with Crippen LogP contribution in [0.25, 0.3) is 11.0 Å². The van der Waals surface area contributed by atoms with E-state index in [2.05, 4.69) is 4.98 Å². The average molecular weight is 190 g/mol. The fourth-order valence-electron chi connectivity index (χ4n) is 1.40. The Morgan fingerprint density at radius 2 is 2.29 bits per heavy atom. The second-order valence-corrected chi connectivity index (χ2v) is 3.13. The van der Waals surface area contributed by atoms with Crippen LogP contribution in [0.5, 0.6) is 0 Å². The number of hydrogen-bond acceptors (Lipinski definition) is 2. The Kier molecular flexibility index (Phi) is 1.67. The Labute approximate surface area is 79.7 Å². The van der Waals surface area contributed by atoms with E-state index in [-0.39, 0.29) is 11.5 Å². The number of aryl methyl sites for hydroxylation is 1. The van der Waals surface area contributed by atoms with Gasteiger partial charge in [0.15, 0.2) is 0 Å². The summed E-state index contributed by atoms with van der Waals surface area (Å²) in [7, 11) is 1.69. The highest BCUT2D eigenvalue weighted by molar-refractivity contribution is 5.97. The minimum absolute atomic E-state index is 0.00315. The van der Waals surface area contributed by atoms with Gasteiger partial charge < -0.3 is 10.7 Å². The van der Waals surface area contributed by atoms with Crippen LogP contribution >= 0.6 is 0 Å². The van der Waals surface area contributed by atoms with E-state index in [1.807, 2.05) is 0 Å². The summed E-state index contributed by atoms with van der Waals surface area (Å²) in [6.45, 7) is 0. The molecule has 0 aliphatic carbocycles. The molecule has 1 heterocycles. The lowest BCUT2D eigenvalue weighted by atomic mass is 10.2. The van der Waals surface area contributed by atoms with Gasteiger partial charge in [-0.2, -0.15) is 0 Å². The molecular weight excluding hydrogens is 180 g/mol. The van der Waals surface area contributed by atoms with E-state index in [0.29, 0.717) is 11.1 Å². The Morgan fingerprint density at radius 3 is 2.93 bits per heavy atom. The van der Waals surface area contributed by atoms with Gasteiger partial charge in [0.1, 0.15) is 5.84 Å². The molecule has 2 aromatic rings. The second-order valence-electron chi connectivity index (χ2n) is 3.13. The van der Waals surface area contributed by atoms with Gasteiger partial charge in [0, 0.05) is 12.6 Å². The van der Waals surface area contributed by atoms with Crippen LogP contribution in [-0.4, -0.2) is 15.4 Å². The van der Waals surface area contributed by atoms with Crippen molar-refractivity contribution in [2.24, 2.45) is 12.8 Å². The molecule has 14 heavy (non-hydrogen) atoms. The predicted molar refractivity (Wildman–Crippen MR) is 54.6 cm³/mol. The van der Waals surface area contributed by atoms with Crippen molar-refractivity contribution in [2.75, 3.05) is 0 Å². The summed E-state index contributed by atoms with van der Waals surface area (Å²) in [5.41, 5.74) is 7.28. The number of benzene rings is 1. The normalized spacial score (nSPS) is 10.6. The molecule has 0 saturated carbocycles. The van der Waals surface area contributed by atoms with Gasteiger partial charge in [-0.1, -0.05) is 0 Å². The van der Waals surface area contributed by atoms with Gasteiger partial charge in [0.05, 0.1) is 11.0 Å². The maximum atomic E-state index is 11.2. The zero-order chi connectivity index (χ0) is 10.3. The molecule has 0 bridgehead atoms. The molecule has 0 saturated heterocycles. The van der Waals surface area contributed by atoms with Crippen molar-refractivity contribution in [2.45, 2.75) is 0 Å². The number of amidine groups is 1. The summed E-state index contributed by atoms with van der Waals surface area (Å²) in [6, 6.07) is 5.18. The number of nitrogens with two attached hydrogens (primary N) is 1. The number of nitrogens with zero attached hydrogens (tertiary/aromatic N) is 1. The Hall–Kier alpha value is -2.04. The summed E-state index contributed by atoms with van der Waals surface area (Å²) in [5, 5.41) is 7.25. The zero-order valence-corrected chi connectivity index (χ0v) is 7.66. The molecule has 72 valence electrons.